The number of nitrogens with one attached hydrogen (secondary N) is 4. The number of esters is 1. The molecule has 2 saturated heterocycles. The van der Waals surface area contributed by atoms with Crippen LogP contribution in [0.25, 0.3) is 54.8 Å². The van der Waals surface area contributed by atoms with Crippen LogP contribution in [0.3, 0.4) is 0 Å². The summed E-state index contributed by atoms with van der Waals surface area (Å²) in [5, 5.41) is 19.6. The second-order valence-electron chi connectivity index (χ2n) is 22.6. The van der Waals surface area contributed by atoms with Crippen LogP contribution in [0.5, 0.6) is 0 Å². The molecule has 0 unspecified atom stereocenters. The summed E-state index contributed by atoms with van der Waals surface area (Å²) in [5.41, 5.74) is 11.0. The van der Waals surface area contributed by atoms with Gasteiger partial charge >= 0.3 is 5.97 Å². The first-order chi connectivity index (χ1) is 42.3. The number of amides is 4. The lowest BCUT2D eigenvalue weighted by molar-refractivity contribution is -0.141. The number of aromatic nitrogens is 7. The van der Waals surface area contributed by atoms with Crippen LogP contribution in [0, 0.1) is 24.5 Å². The highest BCUT2D eigenvalue weighted by Crippen LogP contribution is 2.43. The Labute approximate surface area is 514 Å². The van der Waals surface area contributed by atoms with Gasteiger partial charge in [-0.15, -0.1) is 11.3 Å². The molecule has 87 heavy (non-hydrogen) atoms. The highest BCUT2D eigenvalue weighted by Gasteiger charge is 2.30. The molecule has 3 aromatic carbocycles. The van der Waals surface area contributed by atoms with E-state index in [4.69, 9.17) is 10.7 Å². The van der Waals surface area contributed by atoms with Crippen LogP contribution in [0.1, 0.15) is 120 Å². The zero-order chi connectivity index (χ0) is 61.2. The van der Waals surface area contributed by atoms with Crippen molar-refractivity contribution < 1.29 is 37.5 Å². The molecule has 0 spiro atoms. The quantitative estimate of drug-likeness (QED) is 0.0160. The molecule has 0 atom stereocenters. The average Bonchev–Trinajstić information content (AvgIpc) is 2.05. The van der Waals surface area contributed by atoms with E-state index >= 15 is 8.78 Å². The van der Waals surface area contributed by atoms with Crippen molar-refractivity contribution in [3.8, 4) is 33.0 Å². The molecular formula is C63H80F2N14O6S2. The van der Waals surface area contributed by atoms with E-state index in [-0.39, 0.29) is 49.1 Å². The van der Waals surface area contributed by atoms with E-state index in [0.717, 1.165) is 118 Å². The summed E-state index contributed by atoms with van der Waals surface area (Å²) < 4.78 is 43.1. The number of rotatable bonds is 30. The van der Waals surface area contributed by atoms with E-state index in [1.54, 1.807) is 36.7 Å². The van der Waals surface area contributed by atoms with Gasteiger partial charge in [0.2, 0.25) is 29.6 Å². The third-order valence-corrected chi connectivity index (χ3v) is 18.5. The SMILES string of the molecule is CCCSNc1cccc(-c2nc(C3CCN(C(=O)CCCCCCCCCCCNC(=O)CN4CCC(Cn5ncc6cc(F)c(-c7cccc8c7c(C)nn8CC(=O)NCC(=O)NCC(=O)OC)cc65)CC4)CC3)sc2-c2ccnc(N)n2)c1F. The number of aryl methyl sites for hydroxylation is 1. The predicted molar refractivity (Wildman–Crippen MR) is 337 cm³/mol. The lowest BCUT2D eigenvalue weighted by Crippen LogP contribution is -2.42. The van der Waals surface area contributed by atoms with Crippen molar-refractivity contribution in [1.82, 2.24) is 60.3 Å². The van der Waals surface area contributed by atoms with Crippen molar-refractivity contribution in [3.63, 3.8) is 0 Å². The Morgan fingerprint density at radius 1 is 0.770 bits per heavy atom. The van der Waals surface area contributed by atoms with Gasteiger partial charge in [-0.25, -0.2) is 23.7 Å². The summed E-state index contributed by atoms with van der Waals surface area (Å²) in [5.74, 6) is -0.623. The average molecular weight is 1230 g/mol. The highest BCUT2D eigenvalue weighted by atomic mass is 32.2. The molecule has 24 heteroatoms. The number of nitrogens with two attached hydrogens (primary N) is 1. The molecule has 2 aliphatic rings. The van der Waals surface area contributed by atoms with E-state index in [1.807, 2.05) is 40.8 Å². The molecule has 20 nitrogen and oxygen atoms in total. The zero-order valence-electron chi connectivity index (χ0n) is 50.0. The van der Waals surface area contributed by atoms with Gasteiger partial charge in [-0.05, 0) is 113 Å². The number of fused-ring (bicyclic) bond motifs is 2. The number of halogens is 2. The fraction of sp³-hybridized carbons (Fsp3) is 0.492. The van der Waals surface area contributed by atoms with Gasteiger partial charge in [0, 0.05) is 72.4 Å². The number of methoxy groups -OCH3 is 1. The Morgan fingerprint density at radius 2 is 1.48 bits per heavy atom. The highest BCUT2D eigenvalue weighted by molar-refractivity contribution is 8.00. The monoisotopic (exact) mass is 1230 g/mol. The van der Waals surface area contributed by atoms with Gasteiger partial charge in [0.15, 0.2) is 5.82 Å². The standard InChI is InChI=1S/C63H80F2N14O6S2/c1-4-32-86-75-49-18-14-17-46(59(49)65)60-61(50-21-27-68-63(66)72-50)87-62(73-60)43-24-30-77(31-25-43)56(83)20-12-10-8-6-5-7-9-11-13-26-67-54(81)39-76-28-22-42(23-29-76)38-78-52-34-47(48(64)33-44(52)35-71-78)45-16-15-19-51-58(45)41(2)74-79(51)40-55(82)69-36-53(80)70-37-57(84)85-3/h14-19,21,27,33-35,42-43,75H,4-13,20,22-26,28-32,36-40H2,1-3H3,(H,67,81)(H,69,82)(H,70,80)(H2,66,68,72). The topological polar surface area (TPSA) is 250 Å². The number of carbonyl (C=O) groups excluding carboxylic acids is 5. The largest absolute Gasteiger partial charge is 0.468 e. The van der Waals surface area contributed by atoms with Crippen molar-refractivity contribution >= 4 is 86.3 Å². The lowest BCUT2D eigenvalue weighted by Gasteiger charge is -2.31. The van der Waals surface area contributed by atoms with Crippen LogP contribution >= 0.6 is 23.3 Å². The predicted octanol–water partition coefficient (Wildman–Crippen LogP) is 9.81. The Hall–Kier alpha value is -7.57. The van der Waals surface area contributed by atoms with Gasteiger partial charge < -0.3 is 36.0 Å². The minimum absolute atomic E-state index is 0.0535. The number of carbonyl (C=O) groups is 5. The van der Waals surface area contributed by atoms with Crippen LogP contribution in [0.2, 0.25) is 0 Å². The summed E-state index contributed by atoms with van der Waals surface area (Å²) in [6, 6.07) is 15.9. The summed E-state index contributed by atoms with van der Waals surface area (Å²) in [7, 11) is 1.21. The van der Waals surface area contributed by atoms with Crippen LogP contribution in [0.4, 0.5) is 20.4 Å². The molecule has 9 rings (SSSR count). The molecule has 0 bridgehead atoms. The van der Waals surface area contributed by atoms with E-state index in [0.29, 0.717) is 101 Å². The summed E-state index contributed by atoms with van der Waals surface area (Å²) in [6.07, 6.45) is 17.9. The molecule has 6 N–H and O–H groups in total. The van der Waals surface area contributed by atoms with Crippen molar-refractivity contribution in [1.29, 1.82) is 0 Å². The van der Waals surface area contributed by atoms with Gasteiger partial charge in [0.1, 0.15) is 18.9 Å². The molecule has 4 amide bonds. The van der Waals surface area contributed by atoms with Gasteiger partial charge in [0.05, 0.1) is 70.1 Å². The number of piperidine rings is 2. The van der Waals surface area contributed by atoms with Crippen LogP contribution in [-0.2, 0) is 41.8 Å². The summed E-state index contributed by atoms with van der Waals surface area (Å²) in [4.78, 5) is 81.0. The zero-order valence-corrected chi connectivity index (χ0v) is 51.6. The number of ether oxygens (including phenoxy) is 1. The first kappa shape index (κ1) is 63.9. The third kappa shape index (κ3) is 17.2. The summed E-state index contributed by atoms with van der Waals surface area (Å²) >= 11 is 2.99. The second-order valence-corrected chi connectivity index (χ2v) is 24.5. The van der Waals surface area contributed by atoms with Crippen LogP contribution in [0.15, 0.2) is 67.0 Å². The van der Waals surface area contributed by atoms with Gasteiger partial charge in [-0.3, -0.25) is 38.2 Å². The second kappa shape index (κ2) is 31.4. The molecule has 4 aromatic heterocycles. The van der Waals surface area contributed by atoms with Crippen LogP contribution in [-0.4, -0.2) is 139 Å². The molecule has 7 aromatic rings. The Bertz CT molecular complexity index is 3500. The van der Waals surface area contributed by atoms with Gasteiger partial charge in [0.25, 0.3) is 0 Å². The molecule has 2 fully saturated rings. The molecule has 0 aliphatic carbocycles. The molecular weight excluding hydrogens is 1150 g/mol. The maximum absolute atomic E-state index is 16.0. The third-order valence-electron chi connectivity index (χ3n) is 16.3. The first-order valence-electron chi connectivity index (χ1n) is 30.5. The van der Waals surface area contributed by atoms with Crippen molar-refractivity contribution in [2.75, 3.05) is 75.7 Å². The Kier molecular flexibility index (Phi) is 23.0. The lowest BCUT2D eigenvalue weighted by atomic mass is 9.96. The molecule has 464 valence electrons. The van der Waals surface area contributed by atoms with E-state index < -0.39 is 23.6 Å². The maximum atomic E-state index is 16.0. The van der Waals surface area contributed by atoms with Crippen LogP contribution < -0.4 is 26.4 Å². The minimum Gasteiger partial charge on any atom is -0.468 e. The summed E-state index contributed by atoms with van der Waals surface area (Å²) in [6.45, 7) is 7.74. The van der Waals surface area contributed by atoms with E-state index in [1.165, 1.54) is 47.6 Å². The number of nitrogens with zero attached hydrogens (tertiary/aromatic N) is 9. The van der Waals surface area contributed by atoms with E-state index in [9.17, 15) is 24.0 Å². The normalized spacial score (nSPS) is 14.2. The minimum atomic E-state index is -0.605. The van der Waals surface area contributed by atoms with Crippen molar-refractivity contribution in [2.45, 2.75) is 129 Å². The maximum Gasteiger partial charge on any atom is 0.325 e. The molecule has 0 saturated carbocycles. The van der Waals surface area contributed by atoms with E-state index in [2.05, 4.69) is 57.4 Å². The fourth-order valence-electron chi connectivity index (χ4n) is 11.5. The number of thiazole rings is 1. The number of likely N-dealkylation sites (tertiary alicyclic amines) is 2. The first-order valence-corrected chi connectivity index (χ1v) is 32.3. The number of hydrogen-bond acceptors (Lipinski definition) is 16. The number of nitrogen functional groups attached to an aromatic ring is 1. The molecule has 2 aliphatic heterocycles. The van der Waals surface area contributed by atoms with Crippen molar-refractivity contribution in [2.24, 2.45) is 5.92 Å². The number of hydrogen-bond donors (Lipinski definition) is 5. The van der Waals surface area contributed by atoms with Gasteiger partial charge in [-0.1, -0.05) is 82.0 Å². The number of unbranched alkanes of at least 4 members (excludes halogenated alkanes) is 8. The Balaban J connectivity index is 0.625. The van der Waals surface area contributed by atoms with Crippen molar-refractivity contribution in [3.05, 3.63) is 89.3 Å². The number of benzene rings is 3. The molecule has 6 heterocycles. The number of anilines is 2. The molecule has 0 radical (unpaired) electrons. The smallest absolute Gasteiger partial charge is 0.325 e. The Morgan fingerprint density at radius 3 is 2.23 bits per heavy atom. The fourth-order valence-corrected chi connectivity index (χ4v) is 13.4. The van der Waals surface area contributed by atoms with Gasteiger partial charge in [-0.2, -0.15) is 10.2 Å².